The van der Waals surface area contributed by atoms with Crippen molar-refractivity contribution < 1.29 is 0 Å². The Morgan fingerprint density at radius 1 is 1.06 bits per heavy atom. The Kier molecular flexibility index (Phi) is 3.28. The number of anilines is 3. The van der Waals surface area contributed by atoms with E-state index in [9.17, 15) is 0 Å². The van der Waals surface area contributed by atoms with E-state index in [0.717, 1.165) is 11.4 Å². The monoisotopic (exact) mass is 227 g/mol. The predicted molar refractivity (Wildman–Crippen MR) is 72.5 cm³/mol. The van der Waals surface area contributed by atoms with Crippen LogP contribution in [0.3, 0.4) is 0 Å². The van der Waals surface area contributed by atoms with Crippen molar-refractivity contribution in [2.75, 3.05) is 11.1 Å². The van der Waals surface area contributed by atoms with Gasteiger partial charge < -0.3 is 11.1 Å². The van der Waals surface area contributed by atoms with Crippen LogP contribution in [0.25, 0.3) is 0 Å². The minimum atomic E-state index is 0.469. The third kappa shape index (κ3) is 2.56. The van der Waals surface area contributed by atoms with Crippen molar-refractivity contribution in [2.45, 2.75) is 19.8 Å². The van der Waals surface area contributed by atoms with Crippen LogP contribution in [-0.2, 0) is 0 Å². The Bertz CT molecular complexity index is 506. The third-order valence-corrected chi connectivity index (χ3v) is 2.69. The van der Waals surface area contributed by atoms with Crippen LogP contribution in [-0.4, -0.2) is 4.98 Å². The summed E-state index contributed by atoms with van der Waals surface area (Å²) in [5.74, 6) is 0.989. The van der Waals surface area contributed by atoms with Crippen LogP contribution in [0.5, 0.6) is 0 Å². The van der Waals surface area contributed by atoms with Gasteiger partial charge in [0.05, 0.1) is 5.69 Å². The summed E-state index contributed by atoms with van der Waals surface area (Å²) in [4.78, 5) is 4.07. The van der Waals surface area contributed by atoms with Crippen molar-refractivity contribution in [3.05, 3.63) is 48.2 Å². The van der Waals surface area contributed by atoms with E-state index in [4.69, 9.17) is 5.73 Å². The fourth-order valence-electron chi connectivity index (χ4n) is 1.78. The number of hydrogen-bond donors (Lipinski definition) is 2. The molecule has 0 saturated heterocycles. The molecule has 0 spiro atoms. The summed E-state index contributed by atoms with van der Waals surface area (Å²) in [6.07, 6.45) is 1.69. The van der Waals surface area contributed by atoms with Gasteiger partial charge in [0.25, 0.3) is 0 Å². The van der Waals surface area contributed by atoms with Gasteiger partial charge in [-0.15, -0.1) is 0 Å². The fourth-order valence-corrected chi connectivity index (χ4v) is 1.78. The molecule has 1 heterocycles. The maximum absolute atomic E-state index is 5.82. The van der Waals surface area contributed by atoms with Crippen LogP contribution in [0.1, 0.15) is 25.3 Å². The molecule has 0 radical (unpaired) electrons. The molecular weight excluding hydrogens is 210 g/mol. The molecule has 0 bridgehead atoms. The number of nitrogens with zero attached hydrogens (tertiary/aromatic N) is 1. The first-order valence-electron chi connectivity index (χ1n) is 5.75. The van der Waals surface area contributed by atoms with Gasteiger partial charge in [0, 0.05) is 11.9 Å². The lowest BCUT2D eigenvalue weighted by Gasteiger charge is -2.15. The van der Waals surface area contributed by atoms with Crippen molar-refractivity contribution >= 4 is 17.2 Å². The summed E-state index contributed by atoms with van der Waals surface area (Å²) in [5, 5.41) is 3.33. The molecule has 0 aliphatic rings. The van der Waals surface area contributed by atoms with Crippen molar-refractivity contribution in [2.24, 2.45) is 0 Å². The second-order valence-corrected chi connectivity index (χ2v) is 4.30. The minimum Gasteiger partial charge on any atom is -0.382 e. The molecule has 3 heteroatoms. The average Bonchev–Trinajstić information content (AvgIpc) is 2.32. The quantitative estimate of drug-likeness (QED) is 0.843. The molecule has 2 aromatic rings. The van der Waals surface area contributed by atoms with Gasteiger partial charge in [0.15, 0.2) is 0 Å². The Morgan fingerprint density at radius 2 is 1.76 bits per heavy atom. The number of aromatic nitrogens is 1. The molecule has 17 heavy (non-hydrogen) atoms. The highest BCUT2D eigenvalue weighted by Gasteiger charge is 2.07. The van der Waals surface area contributed by atoms with E-state index >= 15 is 0 Å². The first-order chi connectivity index (χ1) is 8.18. The van der Waals surface area contributed by atoms with Gasteiger partial charge in [-0.2, -0.15) is 0 Å². The summed E-state index contributed by atoms with van der Waals surface area (Å²) in [7, 11) is 0. The summed E-state index contributed by atoms with van der Waals surface area (Å²) in [5.41, 5.74) is 9.03. The van der Waals surface area contributed by atoms with Gasteiger partial charge in [-0.25, -0.2) is 4.98 Å². The van der Waals surface area contributed by atoms with Gasteiger partial charge in [-0.3, -0.25) is 0 Å². The highest BCUT2D eigenvalue weighted by molar-refractivity contribution is 5.71. The zero-order chi connectivity index (χ0) is 12.3. The number of para-hydroxylation sites is 1. The van der Waals surface area contributed by atoms with E-state index < -0.39 is 0 Å². The molecule has 0 amide bonds. The molecule has 0 aliphatic carbocycles. The SMILES string of the molecule is CC(C)c1ccccc1Nc1cccnc1N. The Balaban J connectivity index is 2.34. The Labute approximate surface area is 102 Å². The average molecular weight is 227 g/mol. The van der Waals surface area contributed by atoms with Crippen molar-refractivity contribution in [1.29, 1.82) is 0 Å². The first kappa shape index (κ1) is 11.5. The molecular formula is C14H17N3. The maximum atomic E-state index is 5.82. The molecule has 0 saturated carbocycles. The van der Waals surface area contributed by atoms with Crippen LogP contribution in [0.15, 0.2) is 42.6 Å². The second-order valence-electron chi connectivity index (χ2n) is 4.30. The third-order valence-electron chi connectivity index (χ3n) is 2.69. The lowest BCUT2D eigenvalue weighted by molar-refractivity contribution is 0.869. The molecule has 0 atom stereocenters. The van der Waals surface area contributed by atoms with Gasteiger partial charge in [-0.1, -0.05) is 32.0 Å². The Morgan fingerprint density at radius 3 is 2.47 bits per heavy atom. The number of pyridine rings is 1. The van der Waals surface area contributed by atoms with Gasteiger partial charge >= 0.3 is 0 Å². The van der Waals surface area contributed by atoms with E-state index in [-0.39, 0.29) is 0 Å². The van der Waals surface area contributed by atoms with Gasteiger partial charge in [0.2, 0.25) is 0 Å². The molecule has 0 aliphatic heterocycles. The molecule has 1 aromatic heterocycles. The van der Waals surface area contributed by atoms with Crippen LogP contribution in [0, 0.1) is 0 Å². The summed E-state index contributed by atoms with van der Waals surface area (Å²) >= 11 is 0. The molecule has 3 nitrogen and oxygen atoms in total. The second kappa shape index (κ2) is 4.87. The van der Waals surface area contributed by atoms with Crippen LogP contribution >= 0.6 is 0 Å². The number of rotatable bonds is 3. The fraction of sp³-hybridized carbons (Fsp3) is 0.214. The topological polar surface area (TPSA) is 50.9 Å². The zero-order valence-corrected chi connectivity index (χ0v) is 10.1. The molecule has 0 unspecified atom stereocenters. The first-order valence-corrected chi connectivity index (χ1v) is 5.75. The van der Waals surface area contributed by atoms with Crippen LogP contribution in [0.2, 0.25) is 0 Å². The minimum absolute atomic E-state index is 0.469. The van der Waals surface area contributed by atoms with Crippen molar-refractivity contribution in [3.8, 4) is 0 Å². The van der Waals surface area contributed by atoms with Gasteiger partial charge in [0.1, 0.15) is 5.82 Å². The number of nitrogens with two attached hydrogens (primary N) is 1. The number of nitrogen functional groups attached to an aromatic ring is 1. The van der Waals surface area contributed by atoms with E-state index in [2.05, 4.69) is 36.3 Å². The highest BCUT2D eigenvalue weighted by Crippen LogP contribution is 2.28. The van der Waals surface area contributed by atoms with E-state index in [1.165, 1.54) is 5.56 Å². The molecule has 2 rings (SSSR count). The van der Waals surface area contributed by atoms with Crippen LogP contribution in [0.4, 0.5) is 17.2 Å². The molecule has 3 N–H and O–H groups in total. The number of nitrogens with one attached hydrogen (secondary N) is 1. The van der Waals surface area contributed by atoms with Crippen molar-refractivity contribution in [3.63, 3.8) is 0 Å². The number of benzene rings is 1. The molecule has 0 fully saturated rings. The summed E-state index contributed by atoms with van der Waals surface area (Å²) in [6.45, 7) is 4.35. The normalized spacial score (nSPS) is 10.5. The predicted octanol–water partition coefficient (Wildman–Crippen LogP) is 3.53. The molecule has 1 aromatic carbocycles. The lowest BCUT2D eigenvalue weighted by atomic mass is 10.0. The zero-order valence-electron chi connectivity index (χ0n) is 10.1. The van der Waals surface area contributed by atoms with Crippen LogP contribution < -0.4 is 11.1 Å². The van der Waals surface area contributed by atoms with E-state index in [0.29, 0.717) is 11.7 Å². The van der Waals surface area contributed by atoms with E-state index in [1.54, 1.807) is 6.20 Å². The smallest absolute Gasteiger partial charge is 0.147 e. The Hall–Kier alpha value is -2.03. The molecule has 88 valence electrons. The number of hydrogen-bond acceptors (Lipinski definition) is 3. The summed E-state index contributed by atoms with van der Waals surface area (Å²) < 4.78 is 0. The van der Waals surface area contributed by atoms with Gasteiger partial charge in [-0.05, 0) is 29.7 Å². The lowest BCUT2D eigenvalue weighted by Crippen LogP contribution is -2.01. The standard InChI is InChI=1S/C14H17N3/c1-10(2)11-6-3-4-7-12(11)17-13-8-5-9-16-14(13)15/h3-10,17H,1-2H3,(H2,15,16). The largest absolute Gasteiger partial charge is 0.382 e. The highest BCUT2D eigenvalue weighted by atomic mass is 15.0. The summed E-state index contributed by atoms with van der Waals surface area (Å²) in [6, 6.07) is 12.0. The van der Waals surface area contributed by atoms with Crippen molar-refractivity contribution in [1.82, 2.24) is 4.98 Å². The maximum Gasteiger partial charge on any atom is 0.147 e. The van der Waals surface area contributed by atoms with E-state index in [1.807, 2.05) is 24.3 Å².